The molecule has 0 amide bonds. The first kappa shape index (κ1) is 18.9. The van der Waals surface area contributed by atoms with Crippen molar-refractivity contribution < 1.29 is 4.39 Å². The summed E-state index contributed by atoms with van der Waals surface area (Å²) in [5.41, 5.74) is 1.47. The molecule has 0 aliphatic heterocycles. The Labute approximate surface area is 169 Å². The minimum Gasteiger partial charge on any atom is -0.332 e. The van der Waals surface area contributed by atoms with Gasteiger partial charge in [0, 0.05) is 23.0 Å². The number of anilines is 2. The molecule has 4 nitrogen and oxygen atoms in total. The van der Waals surface area contributed by atoms with Gasteiger partial charge in [0.15, 0.2) is 10.9 Å². The molecule has 0 bridgehead atoms. The lowest BCUT2D eigenvalue weighted by atomic mass is 10.2. The molecular weight excluding hydrogens is 418 g/mol. The van der Waals surface area contributed by atoms with Crippen molar-refractivity contribution in [2.75, 3.05) is 10.6 Å². The molecule has 3 rings (SSSR count). The molecule has 0 radical (unpaired) electrons. The maximum atomic E-state index is 13.1. The van der Waals surface area contributed by atoms with Gasteiger partial charge in [0.05, 0.1) is 16.6 Å². The summed E-state index contributed by atoms with van der Waals surface area (Å²) in [6, 6.07) is 11.1. The van der Waals surface area contributed by atoms with Crippen molar-refractivity contribution in [2.24, 2.45) is 0 Å². The molecule has 0 atom stereocenters. The second-order valence-corrected chi connectivity index (χ2v) is 6.97. The Hall–Kier alpha value is -1.86. The largest absolute Gasteiger partial charge is 0.332 e. The number of halogens is 4. The number of benzene rings is 2. The van der Waals surface area contributed by atoms with Crippen LogP contribution in [0.15, 0.2) is 48.7 Å². The van der Waals surface area contributed by atoms with Gasteiger partial charge in [0.25, 0.3) is 0 Å². The van der Waals surface area contributed by atoms with Crippen LogP contribution in [0.5, 0.6) is 0 Å². The van der Waals surface area contributed by atoms with Gasteiger partial charge in [-0.2, -0.15) is 5.10 Å². The SMILES string of the molecule is Fc1ccc(Cn2ccc(NC(=S)Nc3ccc(Cl)c(Cl)c3)n2)c(Cl)c1. The second kappa shape index (κ2) is 8.22. The fourth-order valence-electron chi connectivity index (χ4n) is 2.19. The van der Waals surface area contributed by atoms with Crippen LogP contribution in [-0.4, -0.2) is 14.9 Å². The zero-order valence-corrected chi connectivity index (χ0v) is 16.2. The number of nitrogens with one attached hydrogen (secondary N) is 2. The number of nitrogens with zero attached hydrogens (tertiary/aromatic N) is 2. The third-order valence-corrected chi connectivity index (χ3v) is 4.70. The second-order valence-electron chi connectivity index (χ2n) is 5.34. The van der Waals surface area contributed by atoms with Gasteiger partial charge >= 0.3 is 0 Å². The lowest BCUT2D eigenvalue weighted by Gasteiger charge is -2.09. The van der Waals surface area contributed by atoms with E-state index in [1.807, 2.05) is 0 Å². The fourth-order valence-corrected chi connectivity index (χ4v) is 2.94. The van der Waals surface area contributed by atoms with Crippen molar-refractivity contribution in [3.8, 4) is 0 Å². The van der Waals surface area contributed by atoms with Crippen LogP contribution in [0, 0.1) is 5.82 Å². The van der Waals surface area contributed by atoms with E-state index >= 15 is 0 Å². The molecule has 0 aliphatic carbocycles. The van der Waals surface area contributed by atoms with E-state index in [0.29, 0.717) is 38.2 Å². The van der Waals surface area contributed by atoms with E-state index < -0.39 is 0 Å². The van der Waals surface area contributed by atoms with Crippen molar-refractivity contribution in [1.82, 2.24) is 9.78 Å². The predicted octanol–water partition coefficient (Wildman–Crippen LogP) is 5.84. The van der Waals surface area contributed by atoms with Crippen molar-refractivity contribution in [3.63, 3.8) is 0 Å². The standard InChI is InChI=1S/C17H12Cl3FN4S/c18-13-4-3-12(8-15(13)20)22-17(26)23-16-5-6-25(24-16)9-10-1-2-11(21)7-14(10)19/h1-8H,9H2,(H2,22,23,24,26). The molecule has 1 heterocycles. The summed E-state index contributed by atoms with van der Waals surface area (Å²) in [7, 11) is 0. The topological polar surface area (TPSA) is 41.9 Å². The molecule has 9 heteroatoms. The van der Waals surface area contributed by atoms with E-state index in [1.165, 1.54) is 12.1 Å². The van der Waals surface area contributed by atoms with E-state index in [9.17, 15) is 4.39 Å². The molecule has 2 N–H and O–H groups in total. The van der Waals surface area contributed by atoms with Gasteiger partial charge in [-0.25, -0.2) is 4.39 Å². The number of hydrogen-bond donors (Lipinski definition) is 2. The summed E-state index contributed by atoms with van der Waals surface area (Å²) in [6.45, 7) is 0.410. The highest BCUT2D eigenvalue weighted by Crippen LogP contribution is 2.25. The third-order valence-electron chi connectivity index (χ3n) is 3.41. The summed E-state index contributed by atoms with van der Waals surface area (Å²) < 4.78 is 14.8. The highest BCUT2D eigenvalue weighted by molar-refractivity contribution is 7.80. The van der Waals surface area contributed by atoms with Crippen LogP contribution in [0.4, 0.5) is 15.9 Å². The summed E-state index contributed by atoms with van der Waals surface area (Å²) in [5, 5.41) is 11.9. The third kappa shape index (κ3) is 4.86. The van der Waals surface area contributed by atoms with Gasteiger partial charge in [-0.1, -0.05) is 40.9 Å². The van der Waals surface area contributed by atoms with E-state index in [2.05, 4.69) is 15.7 Å². The first-order valence-electron chi connectivity index (χ1n) is 7.41. The molecule has 0 fully saturated rings. The predicted molar refractivity (Wildman–Crippen MR) is 109 cm³/mol. The monoisotopic (exact) mass is 428 g/mol. The van der Waals surface area contributed by atoms with Gasteiger partial charge in [-0.3, -0.25) is 4.68 Å². The van der Waals surface area contributed by atoms with Crippen LogP contribution in [0.1, 0.15) is 5.56 Å². The van der Waals surface area contributed by atoms with Crippen molar-refractivity contribution in [1.29, 1.82) is 0 Å². The molecule has 0 aliphatic rings. The van der Waals surface area contributed by atoms with Crippen LogP contribution in [0.25, 0.3) is 0 Å². The Bertz CT molecular complexity index is 961. The van der Waals surface area contributed by atoms with E-state index in [-0.39, 0.29) is 5.82 Å². The highest BCUT2D eigenvalue weighted by atomic mass is 35.5. The molecule has 0 spiro atoms. The normalized spacial score (nSPS) is 10.6. The number of hydrogen-bond acceptors (Lipinski definition) is 2. The molecular formula is C17H12Cl3FN4S. The lowest BCUT2D eigenvalue weighted by Crippen LogP contribution is -2.19. The molecule has 0 unspecified atom stereocenters. The highest BCUT2D eigenvalue weighted by Gasteiger charge is 2.07. The minimum atomic E-state index is -0.375. The number of thiocarbonyl (C=S) groups is 1. The first-order chi connectivity index (χ1) is 12.4. The zero-order chi connectivity index (χ0) is 18.7. The van der Waals surface area contributed by atoms with Gasteiger partial charge in [0.2, 0.25) is 0 Å². The van der Waals surface area contributed by atoms with Gasteiger partial charge in [-0.05, 0) is 48.1 Å². The van der Waals surface area contributed by atoms with Crippen LogP contribution in [0.3, 0.4) is 0 Å². The zero-order valence-electron chi connectivity index (χ0n) is 13.1. The molecule has 26 heavy (non-hydrogen) atoms. The van der Waals surface area contributed by atoms with Crippen LogP contribution in [-0.2, 0) is 6.54 Å². The van der Waals surface area contributed by atoms with Gasteiger partial charge < -0.3 is 10.6 Å². The van der Waals surface area contributed by atoms with E-state index in [0.717, 1.165) is 5.56 Å². The Morgan fingerprint density at radius 1 is 1.00 bits per heavy atom. The number of rotatable bonds is 4. The Balaban J connectivity index is 1.62. The molecule has 1 aromatic heterocycles. The Morgan fingerprint density at radius 2 is 1.81 bits per heavy atom. The molecule has 2 aromatic carbocycles. The molecule has 134 valence electrons. The Morgan fingerprint density at radius 3 is 2.54 bits per heavy atom. The van der Waals surface area contributed by atoms with Crippen molar-refractivity contribution in [3.05, 3.63) is 75.1 Å². The van der Waals surface area contributed by atoms with Crippen molar-refractivity contribution in [2.45, 2.75) is 6.54 Å². The molecule has 0 saturated heterocycles. The summed E-state index contributed by atoms with van der Waals surface area (Å²) in [6.07, 6.45) is 1.77. The molecule has 3 aromatic rings. The maximum absolute atomic E-state index is 13.1. The van der Waals surface area contributed by atoms with Gasteiger partial charge in [0.1, 0.15) is 5.82 Å². The van der Waals surface area contributed by atoms with Crippen LogP contribution in [0.2, 0.25) is 15.1 Å². The van der Waals surface area contributed by atoms with Crippen LogP contribution >= 0.6 is 47.0 Å². The summed E-state index contributed by atoms with van der Waals surface area (Å²) in [4.78, 5) is 0. The lowest BCUT2D eigenvalue weighted by molar-refractivity contribution is 0.624. The first-order valence-corrected chi connectivity index (χ1v) is 8.95. The quantitative estimate of drug-likeness (QED) is 0.511. The van der Waals surface area contributed by atoms with E-state index in [1.54, 1.807) is 41.2 Å². The minimum absolute atomic E-state index is 0.354. The maximum Gasteiger partial charge on any atom is 0.176 e. The van der Waals surface area contributed by atoms with Gasteiger partial charge in [-0.15, -0.1) is 0 Å². The van der Waals surface area contributed by atoms with Crippen molar-refractivity contribution >= 4 is 63.6 Å². The fraction of sp³-hybridized carbons (Fsp3) is 0.0588. The van der Waals surface area contributed by atoms with E-state index in [4.69, 9.17) is 47.0 Å². The average Bonchev–Trinajstić information content (AvgIpc) is 3.00. The average molecular weight is 430 g/mol. The Kier molecular flexibility index (Phi) is 5.98. The van der Waals surface area contributed by atoms with Crippen LogP contribution < -0.4 is 10.6 Å². The summed E-state index contributed by atoms with van der Waals surface area (Å²) in [5.74, 6) is 0.182. The molecule has 0 saturated carbocycles. The smallest absolute Gasteiger partial charge is 0.176 e. The summed E-state index contributed by atoms with van der Waals surface area (Å²) >= 11 is 23.2. The number of aromatic nitrogens is 2.